The number of hydrogen-bond acceptors (Lipinski definition) is 4. The van der Waals surface area contributed by atoms with Gasteiger partial charge in [0.1, 0.15) is 0 Å². The average Bonchev–Trinajstić information content (AvgIpc) is 2.75. The van der Waals surface area contributed by atoms with Gasteiger partial charge in [-0.3, -0.25) is 9.59 Å². The van der Waals surface area contributed by atoms with Gasteiger partial charge in [-0.2, -0.15) is 0 Å². The van der Waals surface area contributed by atoms with E-state index in [4.69, 9.17) is 5.73 Å². The zero-order valence-corrected chi connectivity index (χ0v) is 11.7. The van der Waals surface area contributed by atoms with Crippen LogP contribution in [0.5, 0.6) is 0 Å². The molecule has 108 valence electrons. The summed E-state index contributed by atoms with van der Waals surface area (Å²) in [6.45, 7) is 0.343. The van der Waals surface area contributed by atoms with Crippen molar-refractivity contribution in [2.45, 2.75) is 6.42 Å². The van der Waals surface area contributed by atoms with E-state index >= 15 is 0 Å². The van der Waals surface area contributed by atoms with E-state index in [-0.39, 0.29) is 23.3 Å². The molecule has 0 bridgehead atoms. The first-order valence-electron chi connectivity index (χ1n) is 6.26. The molecule has 2 amide bonds. The fraction of sp³-hybridized carbons (Fsp3) is 0.385. The van der Waals surface area contributed by atoms with E-state index in [1.807, 2.05) is 0 Å². The minimum Gasteiger partial charge on any atom is -0.366 e. The number of nitrogens with one attached hydrogen (secondary N) is 1. The first-order valence-corrected chi connectivity index (χ1v) is 8.08. The molecule has 6 nitrogen and oxygen atoms in total. The number of carbonyl (C=O) groups is 2. The van der Waals surface area contributed by atoms with Gasteiger partial charge in [0.25, 0.3) is 5.91 Å². The summed E-state index contributed by atoms with van der Waals surface area (Å²) < 4.78 is 22.6. The van der Waals surface area contributed by atoms with Crippen LogP contribution < -0.4 is 11.1 Å². The van der Waals surface area contributed by atoms with Gasteiger partial charge in [-0.1, -0.05) is 0 Å². The molecule has 0 unspecified atom stereocenters. The van der Waals surface area contributed by atoms with Crippen LogP contribution in [0.3, 0.4) is 0 Å². The predicted molar refractivity (Wildman–Crippen MR) is 74.1 cm³/mol. The zero-order valence-electron chi connectivity index (χ0n) is 10.8. The lowest BCUT2D eigenvalue weighted by molar-refractivity contribution is 0.0946. The van der Waals surface area contributed by atoms with Crippen LogP contribution in [-0.4, -0.2) is 38.3 Å². The molecule has 7 heteroatoms. The third kappa shape index (κ3) is 3.57. The maximum absolute atomic E-state index is 11.9. The van der Waals surface area contributed by atoms with Gasteiger partial charge in [0.15, 0.2) is 9.84 Å². The second kappa shape index (κ2) is 5.62. The molecule has 0 spiro atoms. The topological polar surface area (TPSA) is 106 Å². The monoisotopic (exact) mass is 296 g/mol. The minimum atomic E-state index is -2.93. The Hall–Kier alpha value is -1.89. The highest BCUT2D eigenvalue weighted by molar-refractivity contribution is 7.91. The van der Waals surface area contributed by atoms with Crippen molar-refractivity contribution >= 4 is 21.7 Å². The van der Waals surface area contributed by atoms with Crippen LogP contribution in [-0.2, 0) is 9.84 Å². The molecule has 0 saturated carbocycles. The van der Waals surface area contributed by atoms with Gasteiger partial charge in [-0.05, 0) is 36.6 Å². The summed E-state index contributed by atoms with van der Waals surface area (Å²) in [7, 11) is -2.93. The highest BCUT2D eigenvalue weighted by atomic mass is 32.2. The summed E-state index contributed by atoms with van der Waals surface area (Å²) in [5, 5.41) is 2.71. The van der Waals surface area contributed by atoms with E-state index in [1.165, 1.54) is 24.3 Å². The summed E-state index contributed by atoms with van der Waals surface area (Å²) in [5.41, 5.74) is 5.86. The van der Waals surface area contributed by atoms with E-state index in [2.05, 4.69) is 5.32 Å². The standard InChI is InChI=1S/C13H16N2O4S/c14-12(16)10-1-3-11(4-2-10)13(17)15-7-9-5-6-20(18,19)8-9/h1-4,9H,5-8H2,(H2,14,16)(H,15,17)/t9-/m0/s1. The molecule has 1 aromatic rings. The molecule has 1 saturated heterocycles. The molecular formula is C13H16N2O4S. The quantitative estimate of drug-likeness (QED) is 0.812. The minimum absolute atomic E-state index is 0.0196. The van der Waals surface area contributed by atoms with Crippen molar-refractivity contribution in [2.24, 2.45) is 11.7 Å². The van der Waals surface area contributed by atoms with Crippen molar-refractivity contribution < 1.29 is 18.0 Å². The van der Waals surface area contributed by atoms with Crippen LogP contribution in [0.1, 0.15) is 27.1 Å². The molecule has 1 aliphatic heterocycles. The number of carbonyl (C=O) groups excluding carboxylic acids is 2. The predicted octanol–water partition coefficient (Wildman–Crippen LogP) is -0.0500. The average molecular weight is 296 g/mol. The molecule has 1 atom stereocenters. The molecule has 1 aromatic carbocycles. The maximum atomic E-state index is 11.9. The number of rotatable bonds is 4. The van der Waals surface area contributed by atoms with Crippen LogP contribution >= 0.6 is 0 Å². The fourth-order valence-electron chi connectivity index (χ4n) is 2.16. The lowest BCUT2D eigenvalue weighted by atomic mass is 10.1. The SMILES string of the molecule is NC(=O)c1ccc(C(=O)NC[C@@H]2CCS(=O)(=O)C2)cc1. The number of hydrogen-bond donors (Lipinski definition) is 2. The summed E-state index contributed by atoms with van der Waals surface area (Å²) >= 11 is 0. The summed E-state index contributed by atoms with van der Waals surface area (Å²) in [4.78, 5) is 22.8. The van der Waals surface area contributed by atoms with Crippen molar-refractivity contribution in [3.63, 3.8) is 0 Å². The van der Waals surface area contributed by atoms with Crippen LogP contribution in [0, 0.1) is 5.92 Å². The molecular weight excluding hydrogens is 280 g/mol. The number of primary amides is 1. The summed E-state index contributed by atoms with van der Waals surface area (Å²) in [6, 6.07) is 6.00. The third-order valence-corrected chi connectivity index (χ3v) is 5.15. The number of amides is 2. The largest absolute Gasteiger partial charge is 0.366 e. The molecule has 2 rings (SSSR count). The first kappa shape index (κ1) is 14.5. The Kier molecular flexibility index (Phi) is 4.08. The normalized spacial score (nSPS) is 20.5. The van der Waals surface area contributed by atoms with E-state index in [9.17, 15) is 18.0 Å². The summed E-state index contributed by atoms with van der Waals surface area (Å²) in [6.07, 6.45) is 0.587. The van der Waals surface area contributed by atoms with Crippen LogP contribution in [0.2, 0.25) is 0 Å². The van der Waals surface area contributed by atoms with Gasteiger partial charge < -0.3 is 11.1 Å². The van der Waals surface area contributed by atoms with E-state index in [0.29, 0.717) is 24.1 Å². The smallest absolute Gasteiger partial charge is 0.251 e. The van der Waals surface area contributed by atoms with Gasteiger partial charge >= 0.3 is 0 Å². The Bertz CT molecular complexity index is 622. The van der Waals surface area contributed by atoms with Gasteiger partial charge in [-0.25, -0.2) is 8.42 Å². The Morgan fingerprint density at radius 1 is 1.20 bits per heavy atom. The molecule has 1 fully saturated rings. The Labute approximate surface area is 117 Å². The van der Waals surface area contributed by atoms with E-state index in [0.717, 1.165) is 0 Å². The maximum Gasteiger partial charge on any atom is 0.251 e. The highest BCUT2D eigenvalue weighted by Gasteiger charge is 2.27. The van der Waals surface area contributed by atoms with Crippen LogP contribution in [0.4, 0.5) is 0 Å². The van der Waals surface area contributed by atoms with Gasteiger partial charge in [-0.15, -0.1) is 0 Å². The van der Waals surface area contributed by atoms with Crippen molar-refractivity contribution in [1.82, 2.24) is 5.32 Å². The van der Waals surface area contributed by atoms with Crippen LogP contribution in [0.25, 0.3) is 0 Å². The fourth-order valence-corrected chi connectivity index (χ4v) is 4.02. The molecule has 3 N–H and O–H groups in total. The summed E-state index contributed by atoms with van der Waals surface area (Å²) in [5.74, 6) is -0.526. The zero-order chi connectivity index (χ0) is 14.8. The molecule has 0 aromatic heterocycles. The Balaban J connectivity index is 1.90. The van der Waals surface area contributed by atoms with Gasteiger partial charge in [0.05, 0.1) is 11.5 Å². The molecule has 0 aliphatic carbocycles. The molecule has 1 heterocycles. The third-order valence-electron chi connectivity index (χ3n) is 3.31. The number of sulfone groups is 1. The van der Waals surface area contributed by atoms with Crippen molar-refractivity contribution in [1.29, 1.82) is 0 Å². The van der Waals surface area contributed by atoms with E-state index in [1.54, 1.807) is 0 Å². The highest BCUT2D eigenvalue weighted by Crippen LogP contribution is 2.17. The molecule has 0 radical (unpaired) electrons. The van der Waals surface area contributed by atoms with Crippen LogP contribution in [0.15, 0.2) is 24.3 Å². The number of benzene rings is 1. The Morgan fingerprint density at radius 2 is 1.80 bits per heavy atom. The van der Waals surface area contributed by atoms with Crippen molar-refractivity contribution in [2.75, 3.05) is 18.1 Å². The van der Waals surface area contributed by atoms with E-state index < -0.39 is 15.7 Å². The lowest BCUT2D eigenvalue weighted by Gasteiger charge is -2.09. The lowest BCUT2D eigenvalue weighted by Crippen LogP contribution is -2.29. The second-order valence-corrected chi connectivity index (χ2v) is 7.15. The van der Waals surface area contributed by atoms with Crippen molar-refractivity contribution in [3.05, 3.63) is 35.4 Å². The van der Waals surface area contributed by atoms with Gasteiger partial charge in [0.2, 0.25) is 5.91 Å². The number of nitrogens with two attached hydrogens (primary N) is 1. The molecule has 1 aliphatic rings. The second-order valence-electron chi connectivity index (χ2n) is 4.92. The Morgan fingerprint density at radius 3 is 2.30 bits per heavy atom. The van der Waals surface area contributed by atoms with Gasteiger partial charge in [0, 0.05) is 17.7 Å². The van der Waals surface area contributed by atoms with Crippen molar-refractivity contribution in [3.8, 4) is 0 Å². The first-order chi connectivity index (χ1) is 9.37. The molecule has 20 heavy (non-hydrogen) atoms.